The van der Waals surface area contributed by atoms with Crippen LogP contribution in [-0.4, -0.2) is 24.5 Å². The van der Waals surface area contributed by atoms with Crippen LogP contribution in [0.2, 0.25) is 5.02 Å². The van der Waals surface area contributed by atoms with E-state index in [1.54, 1.807) is 0 Å². The highest BCUT2D eigenvalue weighted by Crippen LogP contribution is 2.25. The van der Waals surface area contributed by atoms with Crippen LogP contribution < -0.4 is 4.72 Å². The van der Waals surface area contributed by atoms with Crippen LogP contribution in [0, 0.1) is 0 Å². The molecular formula is C12H8BrClN2O4S. The van der Waals surface area contributed by atoms with Crippen molar-refractivity contribution in [1.82, 2.24) is 4.98 Å². The quantitative estimate of drug-likeness (QED) is 0.835. The van der Waals surface area contributed by atoms with Crippen molar-refractivity contribution in [1.29, 1.82) is 0 Å². The summed E-state index contributed by atoms with van der Waals surface area (Å²) in [6, 6.07) is 5.12. The van der Waals surface area contributed by atoms with Crippen LogP contribution in [0.5, 0.6) is 0 Å². The summed E-state index contributed by atoms with van der Waals surface area (Å²) in [4.78, 5) is 14.6. The third kappa shape index (κ3) is 3.52. The standard InChI is InChI=1S/C12H8BrClN2O4S/c13-9-2-1-7(5-8(9)12(17)18)21(19,20)16-11-6-15-4-3-10(11)14/h1-6,16H,(H,17,18). The fraction of sp³-hybridized carbons (Fsp3) is 0. The number of carbonyl (C=O) groups is 1. The molecule has 1 aromatic heterocycles. The van der Waals surface area contributed by atoms with E-state index >= 15 is 0 Å². The summed E-state index contributed by atoms with van der Waals surface area (Å²) < 4.78 is 27.0. The fourth-order valence-electron chi connectivity index (χ4n) is 1.49. The lowest BCUT2D eigenvalue weighted by Gasteiger charge is -2.10. The molecule has 1 aromatic carbocycles. The Labute approximate surface area is 134 Å². The highest BCUT2D eigenvalue weighted by atomic mass is 79.9. The van der Waals surface area contributed by atoms with Gasteiger partial charge >= 0.3 is 5.97 Å². The largest absolute Gasteiger partial charge is 0.478 e. The van der Waals surface area contributed by atoms with Crippen LogP contribution in [0.1, 0.15) is 10.4 Å². The van der Waals surface area contributed by atoms with Gasteiger partial charge in [-0.05, 0) is 40.2 Å². The minimum atomic E-state index is -3.97. The van der Waals surface area contributed by atoms with Gasteiger partial charge < -0.3 is 5.11 Å². The van der Waals surface area contributed by atoms with Crippen molar-refractivity contribution < 1.29 is 18.3 Å². The minimum Gasteiger partial charge on any atom is -0.478 e. The van der Waals surface area contributed by atoms with E-state index < -0.39 is 16.0 Å². The van der Waals surface area contributed by atoms with Gasteiger partial charge in [-0.15, -0.1) is 0 Å². The molecule has 0 fully saturated rings. The minimum absolute atomic E-state index is 0.110. The van der Waals surface area contributed by atoms with Gasteiger partial charge in [0.05, 0.1) is 27.4 Å². The molecule has 2 rings (SSSR count). The first kappa shape index (κ1) is 15.7. The number of carboxylic acids is 1. The fourth-order valence-corrected chi connectivity index (χ4v) is 3.21. The number of aromatic carboxylic acids is 1. The van der Waals surface area contributed by atoms with E-state index in [1.165, 1.54) is 30.6 Å². The topological polar surface area (TPSA) is 96.4 Å². The number of hydrogen-bond acceptors (Lipinski definition) is 4. The van der Waals surface area contributed by atoms with Crippen molar-refractivity contribution >= 4 is 49.2 Å². The molecule has 2 N–H and O–H groups in total. The maximum absolute atomic E-state index is 12.2. The number of rotatable bonds is 4. The Morgan fingerprint density at radius 2 is 2.05 bits per heavy atom. The number of halogens is 2. The smallest absolute Gasteiger partial charge is 0.336 e. The molecule has 0 spiro atoms. The lowest BCUT2D eigenvalue weighted by Crippen LogP contribution is -2.14. The van der Waals surface area contributed by atoms with Crippen molar-refractivity contribution in [2.45, 2.75) is 4.90 Å². The van der Waals surface area contributed by atoms with E-state index in [-0.39, 0.29) is 25.6 Å². The number of pyridine rings is 1. The van der Waals surface area contributed by atoms with Crippen molar-refractivity contribution in [2.75, 3.05) is 4.72 Å². The molecule has 0 aliphatic rings. The first-order valence-corrected chi connectivity index (χ1v) is 8.12. The van der Waals surface area contributed by atoms with Crippen molar-refractivity contribution in [3.05, 3.63) is 51.7 Å². The number of sulfonamides is 1. The monoisotopic (exact) mass is 390 g/mol. The summed E-state index contributed by atoms with van der Waals surface area (Å²) in [6.45, 7) is 0. The van der Waals surface area contributed by atoms with Gasteiger partial charge in [0, 0.05) is 10.7 Å². The third-order valence-electron chi connectivity index (χ3n) is 2.49. The maximum atomic E-state index is 12.2. The highest BCUT2D eigenvalue weighted by molar-refractivity contribution is 9.10. The van der Waals surface area contributed by atoms with Gasteiger partial charge in [-0.25, -0.2) is 13.2 Å². The number of carboxylic acid groups (broad SMARTS) is 1. The summed E-state index contributed by atoms with van der Waals surface area (Å²) in [7, 11) is -3.97. The second-order valence-electron chi connectivity index (χ2n) is 3.91. The zero-order valence-electron chi connectivity index (χ0n) is 10.2. The molecule has 0 aliphatic heterocycles. The summed E-state index contributed by atoms with van der Waals surface area (Å²) in [5.41, 5.74) is -0.0471. The first-order valence-electron chi connectivity index (χ1n) is 5.46. The molecule has 2 aromatic rings. The second kappa shape index (κ2) is 6.00. The van der Waals surface area contributed by atoms with E-state index in [2.05, 4.69) is 25.6 Å². The SMILES string of the molecule is O=C(O)c1cc(S(=O)(=O)Nc2cnccc2Cl)ccc1Br. The van der Waals surface area contributed by atoms with Crippen molar-refractivity contribution in [3.63, 3.8) is 0 Å². The summed E-state index contributed by atoms with van der Waals surface area (Å²) in [6.07, 6.45) is 2.68. The van der Waals surface area contributed by atoms with Gasteiger partial charge in [0.1, 0.15) is 0 Å². The molecule has 110 valence electrons. The van der Waals surface area contributed by atoms with Crippen LogP contribution in [0.4, 0.5) is 5.69 Å². The van der Waals surface area contributed by atoms with Gasteiger partial charge in [0.25, 0.3) is 10.0 Å². The molecule has 6 nitrogen and oxygen atoms in total. The molecule has 21 heavy (non-hydrogen) atoms. The molecule has 0 saturated heterocycles. The number of aromatic nitrogens is 1. The predicted octanol–water partition coefficient (Wildman–Crippen LogP) is 3.00. The molecule has 0 saturated carbocycles. The highest BCUT2D eigenvalue weighted by Gasteiger charge is 2.19. The Kier molecular flexibility index (Phi) is 4.50. The van der Waals surface area contributed by atoms with Gasteiger partial charge in [0.15, 0.2) is 0 Å². The van der Waals surface area contributed by atoms with Crippen LogP contribution in [0.25, 0.3) is 0 Å². The number of nitrogens with zero attached hydrogens (tertiary/aromatic N) is 1. The van der Waals surface area contributed by atoms with Gasteiger partial charge in [-0.2, -0.15) is 0 Å². The second-order valence-corrected chi connectivity index (χ2v) is 6.85. The van der Waals surface area contributed by atoms with Crippen molar-refractivity contribution in [2.24, 2.45) is 0 Å². The van der Waals surface area contributed by atoms with E-state index in [9.17, 15) is 13.2 Å². The maximum Gasteiger partial charge on any atom is 0.336 e. The van der Waals surface area contributed by atoms with Crippen LogP contribution >= 0.6 is 27.5 Å². The van der Waals surface area contributed by atoms with E-state index in [1.807, 2.05) is 0 Å². The first-order chi connectivity index (χ1) is 9.81. The molecule has 0 radical (unpaired) electrons. The summed E-state index contributed by atoms with van der Waals surface area (Å²) in [5, 5.41) is 9.20. The molecule has 1 heterocycles. The number of anilines is 1. The Balaban J connectivity index is 2.43. The van der Waals surface area contributed by atoms with E-state index in [0.29, 0.717) is 0 Å². The summed E-state index contributed by atoms with van der Waals surface area (Å²) in [5.74, 6) is -1.24. The lowest BCUT2D eigenvalue weighted by molar-refractivity contribution is 0.0695. The average Bonchev–Trinajstić information content (AvgIpc) is 2.41. The normalized spacial score (nSPS) is 11.1. The Morgan fingerprint density at radius 3 is 2.67 bits per heavy atom. The van der Waals surface area contributed by atoms with Crippen LogP contribution in [0.15, 0.2) is 46.0 Å². The summed E-state index contributed by atoms with van der Waals surface area (Å²) >= 11 is 8.91. The Morgan fingerprint density at radius 1 is 1.33 bits per heavy atom. The Bertz CT molecular complexity index is 811. The van der Waals surface area contributed by atoms with Gasteiger partial charge in [-0.3, -0.25) is 9.71 Å². The molecule has 0 amide bonds. The molecule has 0 atom stereocenters. The number of benzene rings is 1. The molecular weight excluding hydrogens is 384 g/mol. The van der Waals surface area contributed by atoms with Crippen LogP contribution in [0.3, 0.4) is 0 Å². The number of nitrogens with one attached hydrogen (secondary N) is 1. The number of hydrogen-bond donors (Lipinski definition) is 2. The third-order valence-corrected chi connectivity index (χ3v) is 4.87. The molecule has 0 bridgehead atoms. The van der Waals surface area contributed by atoms with E-state index in [4.69, 9.17) is 16.7 Å². The van der Waals surface area contributed by atoms with Gasteiger partial charge in [-0.1, -0.05) is 11.6 Å². The predicted molar refractivity (Wildman–Crippen MR) is 81.2 cm³/mol. The van der Waals surface area contributed by atoms with E-state index in [0.717, 1.165) is 6.07 Å². The molecule has 0 aliphatic carbocycles. The van der Waals surface area contributed by atoms with Crippen LogP contribution in [-0.2, 0) is 10.0 Å². The van der Waals surface area contributed by atoms with Gasteiger partial charge in [0.2, 0.25) is 0 Å². The lowest BCUT2D eigenvalue weighted by atomic mass is 10.2. The average molecular weight is 392 g/mol. The zero-order chi connectivity index (χ0) is 15.6. The molecule has 9 heteroatoms. The zero-order valence-corrected chi connectivity index (χ0v) is 13.4. The van der Waals surface area contributed by atoms with Crippen molar-refractivity contribution in [3.8, 4) is 0 Å². The Hall–Kier alpha value is -1.64. The molecule has 0 unspecified atom stereocenters.